The maximum Gasteiger partial charge on any atom is 0.310 e. The predicted molar refractivity (Wildman–Crippen MR) is 63.3 cm³/mol. The molecular formula is C13H21NO3. The van der Waals surface area contributed by atoms with Crippen LogP contribution in [0.2, 0.25) is 0 Å². The summed E-state index contributed by atoms with van der Waals surface area (Å²) < 4.78 is 4.70. The highest BCUT2D eigenvalue weighted by molar-refractivity contribution is 5.86. The van der Waals surface area contributed by atoms with Gasteiger partial charge in [0, 0.05) is 19.5 Å². The normalized spacial score (nSPS) is 26.3. The standard InChI is InChI=1S/C13H21NO3/c1-17-13(16)11-7-12(15)14(9-11)8-10-5-3-2-4-6-10/h10-11H,2-9H2,1H3. The molecule has 0 spiro atoms. The molecule has 0 aromatic rings. The van der Waals surface area contributed by atoms with Crippen molar-refractivity contribution in [3.63, 3.8) is 0 Å². The van der Waals surface area contributed by atoms with Crippen molar-refractivity contribution in [2.45, 2.75) is 38.5 Å². The van der Waals surface area contributed by atoms with E-state index < -0.39 is 0 Å². The van der Waals surface area contributed by atoms with Crippen molar-refractivity contribution in [3.05, 3.63) is 0 Å². The van der Waals surface area contributed by atoms with E-state index in [9.17, 15) is 9.59 Å². The lowest BCUT2D eigenvalue weighted by Crippen LogP contribution is -2.32. The summed E-state index contributed by atoms with van der Waals surface area (Å²) in [5.74, 6) is 0.274. The molecule has 2 rings (SSSR count). The zero-order valence-corrected chi connectivity index (χ0v) is 10.5. The smallest absolute Gasteiger partial charge is 0.310 e. The molecule has 0 N–H and O–H groups in total. The van der Waals surface area contributed by atoms with Gasteiger partial charge in [-0.15, -0.1) is 0 Å². The van der Waals surface area contributed by atoms with E-state index in [0.717, 1.165) is 6.54 Å². The highest BCUT2D eigenvalue weighted by atomic mass is 16.5. The van der Waals surface area contributed by atoms with E-state index in [2.05, 4.69) is 0 Å². The van der Waals surface area contributed by atoms with Gasteiger partial charge >= 0.3 is 5.97 Å². The third-order valence-electron chi connectivity index (χ3n) is 3.95. The predicted octanol–water partition coefficient (Wildman–Crippen LogP) is 1.59. The number of amides is 1. The Labute approximate surface area is 102 Å². The summed E-state index contributed by atoms with van der Waals surface area (Å²) in [6, 6.07) is 0. The van der Waals surface area contributed by atoms with Crippen molar-refractivity contribution in [2.75, 3.05) is 20.2 Å². The molecule has 0 aromatic heterocycles. The van der Waals surface area contributed by atoms with Crippen molar-refractivity contribution in [2.24, 2.45) is 11.8 Å². The second kappa shape index (κ2) is 5.52. The molecule has 0 radical (unpaired) electrons. The maximum atomic E-state index is 11.8. The SMILES string of the molecule is COC(=O)C1CC(=O)N(CC2CCCCC2)C1. The first-order valence-electron chi connectivity index (χ1n) is 6.56. The molecule has 1 amide bonds. The minimum absolute atomic E-state index is 0.117. The number of methoxy groups -OCH3 is 1. The van der Waals surface area contributed by atoms with Crippen molar-refractivity contribution >= 4 is 11.9 Å². The van der Waals surface area contributed by atoms with Crippen LogP contribution in [-0.2, 0) is 14.3 Å². The number of esters is 1. The van der Waals surface area contributed by atoms with Crippen LogP contribution in [-0.4, -0.2) is 37.0 Å². The van der Waals surface area contributed by atoms with E-state index in [0.29, 0.717) is 18.9 Å². The van der Waals surface area contributed by atoms with Crippen LogP contribution in [0.1, 0.15) is 38.5 Å². The second-order valence-corrected chi connectivity index (χ2v) is 5.23. The third kappa shape index (κ3) is 2.99. The first-order valence-corrected chi connectivity index (χ1v) is 6.56. The summed E-state index contributed by atoms with van der Waals surface area (Å²) in [7, 11) is 1.39. The minimum atomic E-state index is -0.246. The van der Waals surface area contributed by atoms with Gasteiger partial charge in [-0.3, -0.25) is 9.59 Å². The van der Waals surface area contributed by atoms with Gasteiger partial charge in [-0.2, -0.15) is 0 Å². The fourth-order valence-electron chi connectivity index (χ4n) is 2.95. The van der Waals surface area contributed by atoms with Crippen LogP contribution in [0.4, 0.5) is 0 Å². The molecule has 4 heteroatoms. The molecule has 1 saturated carbocycles. The lowest BCUT2D eigenvalue weighted by molar-refractivity contribution is -0.145. The molecule has 1 heterocycles. The number of ether oxygens (including phenoxy) is 1. The van der Waals surface area contributed by atoms with E-state index >= 15 is 0 Å². The largest absolute Gasteiger partial charge is 0.469 e. The Morgan fingerprint density at radius 1 is 1.35 bits per heavy atom. The average molecular weight is 239 g/mol. The fourth-order valence-corrected chi connectivity index (χ4v) is 2.95. The van der Waals surface area contributed by atoms with Gasteiger partial charge in [-0.1, -0.05) is 19.3 Å². The second-order valence-electron chi connectivity index (χ2n) is 5.23. The molecule has 0 aromatic carbocycles. The summed E-state index contributed by atoms with van der Waals surface area (Å²) in [6.07, 6.45) is 6.69. The highest BCUT2D eigenvalue weighted by Crippen LogP contribution is 2.27. The first kappa shape index (κ1) is 12.4. The van der Waals surface area contributed by atoms with Gasteiger partial charge in [0.1, 0.15) is 0 Å². The summed E-state index contributed by atoms with van der Waals surface area (Å²) in [6.45, 7) is 1.40. The highest BCUT2D eigenvalue weighted by Gasteiger charge is 2.35. The summed E-state index contributed by atoms with van der Waals surface area (Å²) in [4.78, 5) is 25.1. The lowest BCUT2D eigenvalue weighted by atomic mass is 9.89. The number of likely N-dealkylation sites (tertiary alicyclic amines) is 1. The quantitative estimate of drug-likeness (QED) is 0.703. The molecule has 2 aliphatic rings. The van der Waals surface area contributed by atoms with E-state index in [1.807, 2.05) is 4.90 Å². The molecule has 2 fully saturated rings. The molecule has 1 unspecified atom stereocenters. The third-order valence-corrected chi connectivity index (χ3v) is 3.95. The van der Waals surface area contributed by atoms with Crippen molar-refractivity contribution in [1.29, 1.82) is 0 Å². The molecule has 1 atom stereocenters. The first-order chi connectivity index (χ1) is 8.20. The molecule has 1 saturated heterocycles. The molecular weight excluding hydrogens is 218 g/mol. The molecule has 1 aliphatic carbocycles. The van der Waals surface area contributed by atoms with Gasteiger partial charge in [0.05, 0.1) is 13.0 Å². The number of rotatable bonds is 3. The Balaban J connectivity index is 1.85. The lowest BCUT2D eigenvalue weighted by Gasteiger charge is -2.26. The number of nitrogens with zero attached hydrogens (tertiary/aromatic N) is 1. The van der Waals surface area contributed by atoms with Crippen molar-refractivity contribution in [3.8, 4) is 0 Å². The monoisotopic (exact) mass is 239 g/mol. The van der Waals surface area contributed by atoms with E-state index in [-0.39, 0.29) is 17.8 Å². The molecule has 96 valence electrons. The molecule has 1 aliphatic heterocycles. The molecule has 0 bridgehead atoms. The number of carbonyl (C=O) groups is 2. The topological polar surface area (TPSA) is 46.6 Å². The van der Waals surface area contributed by atoms with Crippen LogP contribution >= 0.6 is 0 Å². The van der Waals surface area contributed by atoms with E-state index in [1.54, 1.807) is 0 Å². The number of carbonyl (C=O) groups excluding carboxylic acids is 2. The number of hydrogen-bond acceptors (Lipinski definition) is 3. The Morgan fingerprint density at radius 2 is 2.06 bits per heavy atom. The van der Waals surface area contributed by atoms with Crippen molar-refractivity contribution < 1.29 is 14.3 Å². The van der Waals surface area contributed by atoms with Gasteiger partial charge in [-0.25, -0.2) is 0 Å². The fraction of sp³-hybridized carbons (Fsp3) is 0.846. The van der Waals surface area contributed by atoms with Crippen LogP contribution in [0.25, 0.3) is 0 Å². The van der Waals surface area contributed by atoms with Crippen LogP contribution in [0.3, 0.4) is 0 Å². The minimum Gasteiger partial charge on any atom is -0.469 e. The van der Waals surface area contributed by atoms with Crippen LogP contribution in [0.15, 0.2) is 0 Å². The van der Waals surface area contributed by atoms with E-state index in [1.165, 1.54) is 39.2 Å². The Hall–Kier alpha value is -1.06. The van der Waals surface area contributed by atoms with Gasteiger partial charge < -0.3 is 9.64 Å². The maximum absolute atomic E-state index is 11.8. The van der Waals surface area contributed by atoms with Crippen LogP contribution in [0.5, 0.6) is 0 Å². The zero-order valence-electron chi connectivity index (χ0n) is 10.5. The average Bonchev–Trinajstić information content (AvgIpc) is 2.71. The summed E-state index contributed by atoms with van der Waals surface area (Å²) in [5.41, 5.74) is 0. The summed E-state index contributed by atoms with van der Waals surface area (Å²) >= 11 is 0. The molecule has 4 nitrogen and oxygen atoms in total. The number of hydrogen-bond donors (Lipinski definition) is 0. The van der Waals surface area contributed by atoms with Crippen LogP contribution in [0, 0.1) is 11.8 Å². The van der Waals surface area contributed by atoms with Crippen LogP contribution < -0.4 is 0 Å². The van der Waals surface area contributed by atoms with Gasteiger partial charge in [0.15, 0.2) is 0 Å². The zero-order chi connectivity index (χ0) is 12.3. The Bertz CT molecular complexity index is 297. The van der Waals surface area contributed by atoms with Gasteiger partial charge in [0.2, 0.25) is 5.91 Å². The van der Waals surface area contributed by atoms with Gasteiger partial charge in [0.25, 0.3) is 0 Å². The van der Waals surface area contributed by atoms with Gasteiger partial charge in [-0.05, 0) is 18.8 Å². The Morgan fingerprint density at radius 3 is 2.71 bits per heavy atom. The Kier molecular flexibility index (Phi) is 4.02. The van der Waals surface area contributed by atoms with E-state index in [4.69, 9.17) is 4.74 Å². The summed E-state index contributed by atoms with van der Waals surface area (Å²) in [5, 5.41) is 0. The molecule has 17 heavy (non-hydrogen) atoms. The van der Waals surface area contributed by atoms with Crippen molar-refractivity contribution in [1.82, 2.24) is 4.90 Å².